The first-order chi connectivity index (χ1) is 14.1. The Kier molecular flexibility index (Phi) is 7.90. The van der Waals surface area contributed by atoms with E-state index in [0.717, 1.165) is 0 Å². The van der Waals surface area contributed by atoms with Crippen molar-refractivity contribution in [3.05, 3.63) is 17.7 Å². The van der Waals surface area contributed by atoms with E-state index in [2.05, 4.69) is 20.4 Å². The number of carbonyl (C=O) groups is 1. The summed E-state index contributed by atoms with van der Waals surface area (Å²) in [5.74, 6) is 1.22. The van der Waals surface area contributed by atoms with Gasteiger partial charge in [0.2, 0.25) is 6.79 Å². The number of amides is 1. The molecule has 0 aliphatic carbocycles. The second-order valence-electron chi connectivity index (χ2n) is 7.45. The molecule has 9 nitrogen and oxygen atoms in total. The van der Waals surface area contributed by atoms with Gasteiger partial charge in [-0.1, -0.05) is 0 Å². The van der Waals surface area contributed by atoms with E-state index in [0.29, 0.717) is 36.1 Å². The van der Waals surface area contributed by atoms with Gasteiger partial charge in [-0.05, 0) is 26.8 Å². The molecule has 0 aromatic heterocycles. The Bertz CT molecular complexity index is 768. The molecule has 11 heteroatoms. The Balaban J connectivity index is 1.89. The summed E-state index contributed by atoms with van der Waals surface area (Å²) >= 11 is 0. The van der Waals surface area contributed by atoms with Crippen molar-refractivity contribution in [2.24, 2.45) is 4.99 Å². The van der Waals surface area contributed by atoms with Crippen LogP contribution in [-0.2, 0) is 11.3 Å². The highest BCUT2D eigenvalue weighted by Crippen LogP contribution is 2.38. The minimum atomic E-state index is -2.97. The van der Waals surface area contributed by atoms with Gasteiger partial charge in [-0.3, -0.25) is 4.99 Å². The Morgan fingerprint density at radius 3 is 2.53 bits per heavy atom. The lowest BCUT2D eigenvalue weighted by atomic mass is 10.1. The maximum absolute atomic E-state index is 12.7. The first kappa shape index (κ1) is 23.3. The maximum Gasteiger partial charge on any atom is 0.410 e. The van der Waals surface area contributed by atoms with Crippen LogP contribution < -0.4 is 24.8 Å². The molecule has 1 heterocycles. The van der Waals surface area contributed by atoms with E-state index in [-0.39, 0.29) is 19.1 Å². The minimum absolute atomic E-state index is 0.0122. The van der Waals surface area contributed by atoms with Crippen LogP contribution in [0.3, 0.4) is 0 Å². The van der Waals surface area contributed by atoms with Crippen LogP contribution in [0.25, 0.3) is 0 Å². The summed E-state index contributed by atoms with van der Waals surface area (Å²) in [6.07, 6.45) is -0.429. The van der Waals surface area contributed by atoms with Crippen molar-refractivity contribution in [1.82, 2.24) is 15.5 Å². The van der Waals surface area contributed by atoms with Gasteiger partial charge in [-0.25, -0.2) is 4.79 Å². The zero-order chi connectivity index (χ0) is 22.3. The highest BCUT2D eigenvalue weighted by molar-refractivity contribution is 5.79. The lowest BCUT2D eigenvalue weighted by molar-refractivity contribution is -0.0505. The SMILES string of the molecule is CN=C(NCCN(C)C(=O)OC(C)(C)C)NCc1cc2c(cc1OC(F)F)OCO2. The van der Waals surface area contributed by atoms with E-state index in [1.165, 1.54) is 11.0 Å². The number of fused-ring (bicyclic) bond motifs is 1. The second kappa shape index (κ2) is 10.2. The molecule has 1 aromatic rings. The van der Waals surface area contributed by atoms with E-state index in [1.54, 1.807) is 40.9 Å². The van der Waals surface area contributed by atoms with Crippen LogP contribution >= 0.6 is 0 Å². The molecule has 0 fully saturated rings. The van der Waals surface area contributed by atoms with E-state index in [9.17, 15) is 13.6 Å². The maximum atomic E-state index is 12.7. The molecule has 0 spiro atoms. The average Bonchev–Trinajstić information content (AvgIpc) is 3.09. The minimum Gasteiger partial charge on any atom is -0.454 e. The summed E-state index contributed by atoms with van der Waals surface area (Å²) < 4.78 is 45.8. The summed E-state index contributed by atoms with van der Waals surface area (Å²) in [7, 11) is 3.20. The summed E-state index contributed by atoms with van der Waals surface area (Å²) in [6, 6.07) is 2.95. The Hall–Kier alpha value is -2.98. The van der Waals surface area contributed by atoms with E-state index < -0.39 is 18.3 Å². The molecule has 0 unspecified atom stereocenters. The van der Waals surface area contributed by atoms with Crippen LogP contribution in [0.15, 0.2) is 17.1 Å². The van der Waals surface area contributed by atoms with Crippen molar-refractivity contribution in [2.75, 3.05) is 34.0 Å². The smallest absolute Gasteiger partial charge is 0.410 e. The molecule has 1 aliphatic heterocycles. The van der Waals surface area contributed by atoms with Crippen LogP contribution in [0.1, 0.15) is 26.3 Å². The molecule has 0 radical (unpaired) electrons. The van der Waals surface area contributed by atoms with Crippen molar-refractivity contribution < 1.29 is 32.5 Å². The molecule has 30 heavy (non-hydrogen) atoms. The molecule has 0 bridgehead atoms. The number of hydrogen-bond donors (Lipinski definition) is 2. The molecule has 2 rings (SSSR count). The summed E-state index contributed by atoms with van der Waals surface area (Å²) in [6.45, 7) is 3.37. The monoisotopic (exact) mass is 430 g/mol. The Morgan fingerprint density at radius 1 is 1.27 bits per heavy atom. The molecular weight excluding hydrogens is 402 g/mol. The molecule has 1 aromatic carbocycles. The Morgan fingerprint density at radius 2 is 1.93 bits per heavy atom. The van der Waals surface area contributed by atoms with Gasteiger partial charge in [0, 0.05) is 45.4 Å². The molecule has 0 atom stereocenters. The molecular formula is C19H28F2N4O5. The van der Waals surface area contributed by atoms with Gasteiger partial charge in [-0.2, -0.15) is 8.78 Å². The third-order valence-electron chi connectivity index (χ3n) is 3.89. The topological polar surface area (TPSA) is 93.7 Å². The number of likely N-dealkylation sites (N-methyl/N-ethyl adjacent to an activating group) is 1. The van der Waals surface area contributed by atoms with Gasteiger partial charge >= 0.3 is 12.7 Å². The number of nitrogens with one attached hydrogen (secondary N) is 2. The highest BCUT2D eigenvalue weighted by atomic mass is 19.3. The van der Waals surface area contributed by atoms with Crippen LogP contribution in [0.4, 0.5) is 13.6 Å². The van der Waals surface area contributed by atoms with E-state index in [4.69, 9.17) is 14.2 Å². The third-order valence-corrected chi connectivity index (χ3v) is 3.89. The van der Waals surface area contributed by atoms with Crippen molar-refractivity contribution in [3.63, 3.8) is 0 Å². The van der Waals surface area contributed by atoms with Gasteiger partial charge in [0.15, 0.2) is 17.5 Å². The lowest BCUT2D eigenvalue weighted by Gasteiger charge is -2.25. The number of ether oxygens (including phenoxy) is 4. The van der Waals surface area contributed by atoms with Gasteiger partial charge < -0.3 is 34.5 Å². The molecule has 0 saturated carbocycles. The third kappa shape index (κ3) is 7.12. The van der Waals surface area contributed by atoms with Gasteiger partial charge in [0.1, 0.15) is 11.4 Å². The summed E-state index contributed by atoms with van der Waals surface area (Å²) in [5, 5.41) is 6.06. The average molecular weight is 430 g/mol. The predicted octanol–water partition coefficient (Wildman–Crippen LogP) is 2.55. The largest absolute Gasteiger partial charge is 0.454 e. The van der Waals surface area contributed by atoms with Gasteiger partial charge in [0.25, 0.3) is 0 Å². The number of nitrogens with zero attached hydrogens (tertiary/aromatic N) is 2. The van der Waals surface area contributed by atoms with Crippen LogP contribution in [0, 0.1) is 0 Å². The van der Waals surface area contributed by atoms with E-state index >= 15 is 0 Å². The predicted molar refractivity (Wildman–Crippen MR) is 106 cm³/mol. The van der Waals surface area contributed by atoms with Crippen LogP contribution in [0.5, 0.6) is 17.2 Å². The van der Waals surface area contributed by atoms with Crippen molar-refractivity contribution in [3.8, 4) is 17.2 Å². The fourth-order valence-electron chi connectivity index (χ4n) is 2.48. The standard InChI is InChI=1S/C19H28F2N4O5/c1-19(2,3)30-18(26)25(5)7-6-23-17(22-4)24-10-12-8-14-15(28-11-27-14)9-13(12)29-16(20)21/h8-9,16H,6-7,10-11H2,1-5H3,(H2,22,23,24). The van der Waals surface area contributed by atoms with Crippen molar-refractivity contribution in [2.45, 2.75) is 39.5 Å². The number of guanidine groups is 1. The summed E-state index contributed by atoms with van der Waals surface area (Å²) in [5.41, 5.74) is -0.118. The van der Waals surface area contributed by atoms with E-state index in [1.807, 2.05) is 0 Å². The number of alkyl halides is 2. The fraction of sp³-hybridized carbons (Fsp3) is 0.579. The van der Waals surface area contributed by atoms with Gasteiger partial charge in [0.05, 0.1) is 0 Å². The molecule has 168 valence electrons. The molecule has 1 amide bonds. The summed E-state index contributed by atoms with van der Waals surface area (Å²) in [4.78, 5) is 17.5. The zero-order valence-electron chi connectivity index (χ0n) is 17.8. The number of hydrogen-bond acceptors (Lipinski definition) is 6. The first-order valence-corrected chi connectivity index (χ1v) is 9.35. The van der Waals surface area contributed by atoms with Crippen LogP contribution in [0.2, 0.25) is 0 Å². The Labute approximate surface area is 174 Å². The lowest BCUT2D eigenvalue weighted by Crippen LogP contribution is -2.42. The number of aliphatic imine (C=N–C) groups is 1. The normalized spacial score (nSPS) is 13.3. The zero-order valence-corrected chi connectivity index (χ0v) is 17.8. The van der Waals surface area contributed by atoms with Crippen LogP contribution in [-0.4, -0.2) is 63.1 Å². The van der Waals surface area contributed by atoms with Crippen molar-refractivity contribution >= 4 is 12.1 Å². The first-order valence-electron chi connectivity index (χ1n) is 9.35. The quantitative estimate of drug-likeness (QED) is 0.507. The van der Waals surface area contributed by atoms with Crippen molar-refractivity contribution in [1.29, 1.82) is 0 Å². The second-order valence-corrected chi connectivity index (χ2v) is 7.45. The molecule has 1 aliphatic rings. The number of halogens is 2. The molecule has 2 N–H and O–H groups in total. The number of carbonyl (C=O) groups excluding carboxylic acids is 1. The number of benzene rings is 1. The van der Waals surface area contributed by atoms with Gasteiger partial charge in [-0.15, -0.1) is 0 Å². The highest BCUT2D eigenvalue weighted by Gasteiger charge is 2.21. The number of rotatable bonds is 7. The fourth-order valence-corrected chi connectivity index (χ4v) is 2.48. The molecule has 0 saturated heterocycles.